The second-order valence-corrected chi connectivity index (χ2v) is 6.53. The van der Waals surface area contributed by atoms with Crippen LogP contribution in [0.2, 0.25) is 0 Å². The topological polar surface area (TPSA) is 37.4 Å². The molecule has 1 aliphatic heterocycles. The molecule has 0 N–H and O–H groups in total. The Hall–Kier alpha value is -1.16. The molecular formula is C14H14BrNO2. The summed E-state index contributed by atoms with van der Waals surface area (Å²) in [5.74, 6) is -0.334. The zero-order valence-corrected chi connectivity index (χ0v) is 12.1. The van der Waals surface area contributed by atoms with Crippen LogP contribution >= 0.6 is 15.9 Å². The Labute approximate surface area is 114 Å². The van der Waals surface area contributed by atoms with Crippen LogP contribution in [-0.2, 0) is 9.59 Å². The lowest BCUT2D eigenvalue weighted by atomic mass is 10.0. The van der Waals surface area contributed by atoms with Gasteiger partial charge in [0.1, 0.15) is 0 Å². The van der Waals surface area contributed by atoms with Gasteiger partial charge in [-0.1, -0.05) is 35.8 Å². The summed E-state index contributed by atoms with van der Waals surface area (Å²) in [5, 5.41) is 0. The molecule has 1 aromatic rings. The maximum Gasteiger partial charge on any atom is 0.238 e. The van der Waals surface area contributed by atoms with Gasteiger partial charge in [-0.05, 0) is 30.0 Å². The third-order valence-electron chi connectivity index (χ3n) is 4.28. The molecule has 94 valence electrons. The molecule has 0 radical (unpaired) electrons. The Morgan fingerprint density at radius 2 is 1.72 bits per heavy atom. The average Bonchev–Trinajstić information content (AvgIpc) is 2.75. The van der Waals surface area contributed by atoms with Crippen LogP contribution in [0, 0.1) is 24.2 Å². The molecule has 0 spiro atoms. The summed E-state index contributed by atoms with van der Waals surface area (Å²) in [6.07, 6.45) is 0. The van der Waals surface area contributed by atoms with Crippen molar-refractivity contribution in [2.75, 3.05) is 4.90 Å². The van der Waals surface area contributed by atoms with Gasteiger partial charge in [-0.2, -0.15) is 0 Å². The Morgan fingerprint density at radius 3 is 2.28 bits per heavy atom. The number of nitrogens with zero attached hydrogens (tertiary/aromatic N) is 1. The second-order valence-electron chi connectivity index (χ2n) is 5.67. The van der Waals surface area contributed by atoms with Crippen molar-refractivity contribution in [2.24, 2.45) is 17.3 Å². The molecule has 1 heterocycles. The molecule has 3 nitrogen and oxygen atoms in total. The number of fused-ring (bicyclic) bond motifs is 1. The summed E-state index contributed by atoms with van der Waals surface area (Å²) in [4.78, 5) is 26.0. The molecule has 2 unspecified atom stereocenters. The SMILES string of the molecule is Cc1c(Br)cccc1N1C(=O)C2C(C1=O)C2(C)C. The number of carbonyl (C=O) groups is 2. The summed E-state index contributed by atoms with van der Waals surface area (Å²) in [5.41, 5.74) is 1.49. The van der Waals surface area contributed by atoms with Crippen LogP contribution < -0.4 is 4.90 Å². The lowest BCUT2D eigenvalue weighted by Gasteiger charge is -2.22. The van der Waals surface area contributed by atoms with Crippen LogP contribution in [0.15, 0.2) is 22.7 Å². The highest BCUT2D eigenvalue weighted by Gasteiger charge is 2.72. The summed E-state index contributed by atoms with van der Waals surface area (Å²) in [6, 6.07) is 5.59. The molecule has 1 aromatic carbocycles. The van der Waals surface area contributed by atoms with Crippen LogP contribution in [0.25, 0.3) is 0 Å². The summed E-state index contributed by atoms with van der Waals surface area (Å²) < 4.78 is 0.917. The minimum atomic E-state index is -0.148. The van der Waals surface area contributed by atoms with E-state index in [9.17, 15) is 9.59 Å². The zero-order chi connectivity index (χ0) is 13.2. The first-order valence-electron chi connectivity index (χ1n) is 6.00. The molecular weight excluding hydrogens is 294 g/mol. The largest absolute Gasteiger partial charge is 0.274 e. The fraction of sp³-hybridized carbons (Fsp3) is 0.429. The number of piperidine rings is 1. The molecule has 1 aliphatic carbocycles. The van der Waals surface area contributed by atoms with Gasteiger partial charge in [0.05, 0.1) is 17.5 Å². The van der Waals surface area contributed by atoms with Crippen LogP contribution in [-0.4, -0.2) is 11.8 Å². The van der Waals surface area contributed by atoms with Crippen molar-refractivity contribution in [3.8, 4) is 0 Å². The Morgan fingerprint density at radius 1 is 1.17 bits per heavy atom. The normalized spacial score (nSPS) is 28.6. The molecule has 0 bridgehead atoms. The average molecular weight is 308 g/mol. The van der Waals surface area contributed by atoms with Gasteiger partial charge in [0.25, 0.3) is 0 Å². The van der Waals surface area contributed by atoms with Crippen LogP contribution in [0.3, 0.4) is 0 Å². The molecule has 3 rings (SSSR count). The first-order valence-corrected chi connectivity index (χ1v) is 6.79. The van der Waals surface area contributed by atoms with Crippen LogP contribution in [0.1, 0.15) is 19.4 Å². The zero-order valence-electron chi connectivity index (χ0n) is 10.5. The number of rotatable bonds is 1. The molecule has 2 atom stereocenters. The van der Waals surface area contributed by atoms with E-state index in [-0.39, 0.29) is 29.1 Å². The van der Waals surface area contributed by atoms with Gasteiger partial charge in [0.15, 0.2) is 0 Å². The maximum absolute atomic E-state index is 12.3. The van der Waals surface area contributed by atoms with Gasteiger partial charge in [-0.15, -0.1) is 0 Å². The van der Waals surface area contributed by atoms with Gasteiger partial charge in [0, 0.05) is 4.47 Å². The van der Waals surface area contributed by atoms with Gasteiger partial charge in [0.2, 0.25) is 11.8 Å². The van der Waals surface area contributed by atoms with Crippen molar-refractivity contribution in [1.29, 1.82) is 0 Å². The lowest BCUT2D eigenvalue weighted by Crippen LogP contribution is -2.36. The van der Waals surface area contributed by atoms with E-state index in [0.717, 1.165) is 10.0 Å². The predicted molar refractivity (Wildman–Crippen MR) is 72.1 cm³/mol. The standard InChI is InChI=1S/C14H14BrNO2/c1-7-8(15)5-4-6-9(7)16-12(17)10-11(13(16)18)14(10,2)3/h4-6,10-11H,1-3H3. The van der Waals surface area contributed by atoms with Crippen molar-refractivity contribution in [1.82, 2.24) is 0 Å². The summed E-state index contributed by atoms with van der Waals surface area (Å²) in [6.45, 7) is 5.89. The second kappa shape index (κ2) is 3.44. The molecule has 2 amide bonds. The van der Waals surface area contributed by atoms with Crippen molar-refractivity contribution in [3.05, 3.63) is 28.2 Å². The van der Waals surface area contributed by atoms with Crippen molar-refractivity contribution in [2.45, 2.75) is 20.8 Å². The molecule has 4 heteroatoms. The van der Waals surface area contributed by atoms with Gasteiger partial charge in [-0.3, -0.25) is 9.59 Å². The van der Waals surface area contributed by atoms with E-state index in [1.54, 1.807) is 0 Å². The molecule has 2 aliphatic rings. The highest BCUT2D eigenvalue weighted by molar-refractivity contribution is 9.10. The van der Waals surface area contributed by atoms with Crippen molar-refractivity contribution in [3.63, 3.8) is 0 Å². The third-order valence-corrected chi connectivity index (χ3v) is 5.14. The molecule has 1 saturated carbocycles. The summed E-state index contributed by atoms with van der Waals surface area (Å²) in [7, 11) is 0. The number of halogens is 1. The Bertz CT molecular complexity index is 555. The molecule has 1 saturated heterocycles. The van der Waals surface area contributed by atoms with E-state index in [1.807, 2.05) is 39.0 Å². The first-order chi connectivity index (χ1) is 8.37. The lowest BCUT2D eigenvalue weighted by molar-refractivity contribution is -0.125. The Balaban J connectivity index is 2.04. The van der Waals surface area contributed by atoms with Crippen molar-refractivity contribution < 1.29 is 9.59 Å². The Kier molecular flexibility index (Phi) is 2.28. The van der Waals surface area contributed by atoms with E-state index in [1.165, 1.54) is 4.90 Å². The molecule has 0 aromatic heterocycles. The van der Waals surface area contributed by atoms with Crippen LogP contribution in [0.4, 0.5) is 5.69 Å². The van der Waals surface area contributed by atoms with E-state index >= 15 is 0 Å². The minimum absolute atomic E-state index is 0.0452. The van der Waals surface area contributed by atoms with Gasteiger partial charge < -0.3 is 0 Å². The van der Waals surface area contributed by atoms with E-state index in [4.69, 9.17) is 0 Å². The number of benzene rings is 1. The van der Waals surface area contributed by atoms with Gasteiger partial charge in [-0.25, -0.2) is 4.90 Å². The third kappa shape index (κ3) is 1.30. The highest BCUT2D eigenvalue weighted by Crippen LogP contribution is 2.63. The number of hydrogen-bond donors (Lipinski definition) is 0. The highest BCUT2D eigenvalue weighted by atomic mass is 79.9. The fourth-order valence-corrected chi connectivity index (χ4v) is 3.38. The van der Waals surface area contributed by atoms with Crippen LogP contribution in [0.5, 0.6) is 0 Å². The van der Waals surface area contributed by atoms with E-state index < -0.39 is 0 Å². The maximum atomic E-state index is 12.3. The quantitative estimate of drug-likeness (QED) is 0.748. The number of hydrogen-bond acceptors (Lipinski definition) is 2. The minimum Gasteiger partial charge on any atom is -0.274 e. The summed E-state index contributed by atoms with van der Waals surface area (Å²) >= 11 is 3.43. The number of imide groups is 1. The number of amides is 2. The van der Waals surface area contributed by atoms with E-state index in [2.05, 4.69) is 15.9 Å². The number of anilines is 1. The molecule has 18 heavy (non-hydrogen) atoms. The van der Waals surface area contributed by atoms with Crippen molar-refractivity contribution >= 4 is 33.4 Å². The predicted octanol–water partition coefficient (Wildman–Crippen LogP) is 2.90. The fourth-order valence-electron chi connectivity index (χ4n) is 3.02. The monoisotopic (exact) mass is 307 g/mol. The number of carbonyl (C=O) groups excluding carboxylic acids is 2. The molecule has 2 fully saturated rings. The van der Waals surface area contributed by atoms with E-state index in [0.29, 0.717) is 5.69 Å². The van der Waals surface area contributed by atoms with Gasteiger partial charge >= 0.3 is 0 Å². The smallest absolute Gasteiger partial charge is 0.238 e. The first kappa shape index (κ1) is 11.9.